The van der Waals surface area contributed by atoms with Crippen LogP contribution in [0.1, 0.15) is 30.1 Å². The van der Waals surface area contributed by atoms with E-state index in [0.717, 1.165) is 30.0 Å². The number of aromatic nitrogens is 2. The van der Waals surface area contributed by atoms with Gasteiger partial charge in [0.2, 0.25) is 0 Å². The lowest BCUT2D eigenvalue weighted by Gasteiger charge is -2.31. The van der Waals surface area contributed by atoms with Crippen LogP contribution in [-0.4, -0.2) is 47.0 Å². The summed E-state index contributed by atoms with van der Waals surface area (Å²) in [6, 6.07) is 16.1. The normalized spacial score (nSPS) is 15.8. The first kappa shape index (κ1) is 18.7. The summed E-state index contributed by atoms with van der Waals surface area (Å²) in [7, 11) is 1.65. The van der Waals surface area contributed by atoms with Crippen LogP contribution >= 0.6 is 0 Å². The number of imidazole rings is 1. The van der Waals surface area contributed by atoms with Gasteiger partial charge >= 0.3 is 0 Å². The molecule has 1 aromatic heterocycles. The number of fused-ring (bicyclic) bond motifs is 1. The van der Waals surface area contributed by atoms with Crippen molar-refractivity contribution in [2.75, 3.05) is 26.7 Å². The van der Waals surface area contributed by atoms with Crippen LogP contribution in [0.5, 0.6) is 0 Å². The highest BCUT2D eigenvalue weighted by Gasteiger charge is 2.21. The molecule has 5 heteroatoms. The van der Waals surface area contributed by atoms with Crippen molar-refractivity contribution in [2.24, 2.45) is 5.92 Å². The van der Waals surface area contributed by atoms with Crippen molar-refractivity contribution in [3.05, 3.63) is 54.1 Å². The number of amides is 1. The molecule has 1 N–H and O–H groups in total. The summed E-state index contributed by atoms with van der Waals surface area (Å²) >= 11 is 0. The van der Waals surface area contributed by atoms with Gasteiger partial charge in [-0.2, -0.15) is 0 Å². The average molecular weight is 377 g/mol. The molecule has 1 aliphatic heterocycles. The summed E-state index contributed by atoms with van der Waals surface area (Å²) in [6.45, 7) is 6.74. The number of rotatable bonds is 5. The van der Waals surface area contributed by atoms with Crippen LogP contribution in [-0.2, 0) is 6.54 Å². The molecule has 0 spiro atoms. The fourth-order valence-electron chi connectivity index (χ4n) is 4.14. The molecule has 2 aromatic carbocycles. The summed E-state index contributed by atoms with van der Waals surface area (Å²) < 4.78 is 2.37. The van der Waals surface area contributed by atoms with Gasteiger partial charge in [-0.15, -0.1) is 0 Å². The monoisotopic (exact) mass is 376 g/mol. The Bertz CT molecular complexity index is 952. The van der Waals surface area contributed by atoms with Gasteiger partial charge in [-0.05, 0) is 62.7 Å². The van der Waals surface area contributed by atoms with Gasteiger partial charge in [-0.3, -0.25) is 4.79 Å². The van der Waals surface area contributed by atoms with Gasteiger partial charge in [0.15, 0.2) is 0 Å². The van der Waals surface area contributed by atoms with Gasteiger partial charge in [0.1, 0.15) is 5.82 Å². The summed E-state index contributed by atoms with van der Waals surface area (Å²) in [5, 5.41) is 2.67. The van der Waals surface area contributed by atoms with E-state index in [2.05, 4.69) is 39.9 Å². The third kappa shape index (κ3) is 3.67. The first-order valence-corrected chi connectivity index (χ1v) is 10.2. The largest absolute Gasteiger partial charge is 0.355 e. The maximum absolute atomic E-state index is 11.8. The standard InChI is InChI=1S/C23H28N4O/c1-3-26-14-12-17(13-15-26)16-27-21-7-5-4-6-20(21)25-22(27)18-8-10-19(11-9-18)23(28)24-2/h4-11,17H,3,12-16H2,1-2H3,(H,24,28). The number of benzene rings is 2. The van der Waals surface area contributed by atoms with Crippen molar-refractivity contribution in [3.63, 3.8) is 0 Å². The maximum Gasteiger partial charge on any atom is 0.251 e. The van der Waals surface area contributed by atoms with Crippen LogP contribution in [0.4, 0.5) is 0 Å². The molecule has 1 saturated heterocycles. The van der Waals surface area contributed by atoms with Gasteiger partial charge in [0.05, 0.1) is 11.0 Å². The Labute approximate surface area is 166 Å². The van der Waals surface area contributed by atoms with Gasteiger partial charge in [-0.25, -0.2) is 4.98 Å². The number of hydrogen-bond donors (Lipinski definition) is 1. The molecule has 1 fully saturated rings. The zero-order chi connectivity index (χ0) is 19.5. The molecule has 4 rings (SSSR count). The van der Waals surface area contributed by atoms with E-state index in [1.807, 2.05) is 30.3 Å². The van der Waals surface area contributed by atoms with Crippen LogP contribution in [0.25, 0.3) is 22.4 Å². The molecule has 146 valence electrons. The zero-order valence-corrected chi connectivity index (χ0v) is 16.7. The van der Waals surface area contributed by atoms with Gasteiger partial charge < -0.3 is 14.8 Å². The van der Waals surface area contributed by atoms with E-state index in [1.165, 1.54) is 31.4 Å². The van der Waals surface area contributed by atoms with Crippen LogP contribution in [0.2, 0.25) is 0 Å². The van der Waals surface area contributed by atoms with Crippen LogP contribution < -0.4 is 5.32 Å². The summed E-state index contributed by atoms with van der Waals surface area (Å²) in [5.41, 5.74) is 3.93. The molecule has 0 unspecified atom stereocenters. The molecule has 5 nitrogen and oxygen atoms in total. The van der Waals surface area contributed by atoms with Crippen molar-refractivity contribution in [3.8, 4) is 11.4 Å². The fraction of sp³-hybridized carbons (Fsp3) is 0.391. The van der Waals surface area contributed by atoms with E-state index in [0.29, 0.717) is 11.5 Å². The number of hydrogen-bond acceptors (Lipinski definition) is 3. The number of carbonyl (C=O) groups excluding carboxylic acids is 1. The molecule has 1 amide bonds. The topological polar surface area (TPSA) is 50.2 Å². The smallest absolute Gasteiger partial charge is 0.251 e. The minimum absolute atomic E-state index is 0.0669. The van der Waals surface area contributed by atoms with E-state index < -0.39 is 0 Å². The highest BCUT2D eigenvalue weighted by atomic mass is 16.1. The molecule has 0 atom stereocenters. The minimum Gasteiger partial charge on any atom is -0.355 e. The third-order valence-corrected chi connectivity index (χ3v) is 5.88. The lowest BCUT2D eigenvalue weighted by Crippen LogP contribution is -2.34. The maximum atomic E-state index is 11.8. The lowest BCUT2D eigenvalue weighted by atomic mass is 9.96. The van der Waals surface area contributed by atoms with E-state index >= 15 is 0 Å². The molecule has 3 aromatic rings. The highest BCUT2D eigenvalue weighted by molar-refractivity contribution is 5.94. The number of likely N-dealkylation sites (tertiary alicyclic amines) is 1. The van der Waals surface area contributed by atoms with Crippen molar-refractivity contribution in [2.45, 2.75) is 26.3 Å². The predicted molar refractivity (Wildman–Crippen MR) is 113 cm³/mol. The van der Waals surface area contributed by atoms with Gasteiger partial charge in [0.25, 0.3) is 5.91 Å². The van der Waals surface area contributed by atoms with E-state index in [9.17, 15) is 4.79 Å². The van der Waals surface area contributed by atoms with E-state index in [4.69, 9.17) is 4.98 Å². The zero-order valence-electron chi connectivity index (χ0n) is 16.7. The Morgan fingerprint density at radius 1 is 1.11 bits per heavy atom. The lowest BCUT2D eigenvalue weighted by molar-refractivity contribution is 0.0963. The Morgan fingerprint density at radius 2 is 1.82 bits per heavy atom. The van der Waals surface area contributed by atoms with Crippen LogP contribution in [0.15, 0.2) is 48.5 Å². The fourth-order valence-corrected chi connectivity index (χ4v) is 4.14. The summed E-state index contributed by atoms with van der Waals surface area (Å²) in [4.78, 5) is 19.3. The molecule has 28 heavy (non-hydrogen) atoms. The predicted octanol–water partition coefficient (Wildman–Crippen LogP) is 3.79. The second kappa shape index (κ2) is 8.15. The third-order valence-electron chi connectivity index (χ3n) is 5.88. The molecule has 0 radical (unpaired) electrons. The Kier molecular flexibility index (Phi) is 5.44. The van der Waals surface area contributed by atoms with Crippen molar-refractivity contribution < 1.29 is 4.79 Å². The molecule has 0 saturated carbocycles. The minimum atomic E-state index is -0.0669. The first-order chi connectivity index (χ1) is 13.7. The average Bonchev–Trinajstić information content (AvgIpc) is 3.12. The molecule has 0 bridgehead atoms. The number of nitrogens with one attached hydrogen (secondary N) is 1. The van der Waals surface area contributed by atoms with Gasteiger partial charge in [-0.1, -0.05) is 31.2 Å². The second-order valence-corrected chi connectivity index (χ2v) is 7.57. The molecular weight excluding hydrogens is 348 g/mol. The molecule has 2 heterocycles. The summed E-state index contributed by atoms with van der Waals surface area (Å²) in [6.07, 6.45) is 2.46. The van der Waals surface area contributed by atoms with E-state index in [-0.39, 0.29) is 5.91 Å². The SMILES string of the molecule is CCN1CCC(Cn2c(-c3ccc(C(=O)NC)cc3)nc3ccccc32)CC1. The number of piperidine rings is 1. The van der Waals surface area contributed by atoms with Crippen LogP contribution in [0.3, 0.4) is 0 Å². The van der Waals surface area contributed by atoms with Crippen molar-refractivity contribution >= 4 is 16.9 Å². The van der Waals surface area contributed by atoms with Crippen molar-refractivity contribution in [1.82, 2.24) is 19.8 Å². The molecular formula is C23H28N4O. The van der Waals surface area contributed by atoms with Crippen LogP contribution in [0, 0.1) is 5.92 Å². The highest BCUT2D eigenvalue weighted by Crippen LogP contribution is 2.28. The Balaban J connectivity index is 1.66. The molecule has 0 aliphatic carbocycles. The number of carbonyl (C=O) groups is 1. The first-order valence-electron chi connectivity index (χ1n) is 10.2. The Morgan fingerprint density at radius 3 is 2.50 bits per heavy atom. The quantitative estimate of drug-likeness (QED) is 0.737. The summed E-state index contributed by atoms with van der Waals surface area (Å²) in [5.74, 6) is 1.59. The Hall–Kier alpha value is -2.66. The van der Waals surface area contributed by atoms with E-state index in [1.54, 1.807) is 7.05 Å². The van der Waals surface area contributed by atoms with Crippen molar-refractivity contribution in [1.29, 1.82) is 0 Å². The second-order valence-electron chi connectivity index (χ2n) is 7.57. The van der Waals surface area contributed by atoms with Gasteiger partial charge in [0, 0.05) is 24.7 Å². The molecule has 1 aliphatic rings. The number of para-hydroxylation sites is 2. The number of nitrogens with zero attached hydrogens (tertiary/aromatic N) is 3.